The monoisotopic (exact) mass is 379 g/mol. The molecule has 7 nitrogen and oxygen atoms in total. The van der Waals surface area contributed by atoms with Gasteiger partial charge in [0, 0.05) is 25.6 Å². The molecule has 0 saturated carbocycles. The molecule has 0 aliphatic carbocycles. The smallest absolute Gasteiger partial charge is 0.260 e. The van der Waals surface area contributed by atoms with Gasteiger partial charge in [-0.15, -0.1) is 0 Å². The molecule has 0 atom stereocenters. The Labute approximate surface area is 162 Å². The molecule has 3 aromatic rings. The van der Waals surface area contributed by atoms with Crippen LogP contribution >= 0.6 is 0 Å². The second kappa shape index (κ2) is 8.12. The SMILES string of the molecule is COc1cccc(OCC(=O)N2CC(c3nc(Cc4ccccc4)no3)C2)c1. The summed E-state index contributed by atoms with van der Waals surface area (Å²) in [7, 11) is 1.59. The van der Waals surface area contributed by atoms with Crippen molar-refractivity contribution in [1.82, 2.24) is 15.0 Å². The van der Waals surface area contributed by atoms with Crippen molar-refractivity contribution in [2.45, 2.75) is 12.3 Å². The van der Waals surface area contributed by atoms with E-state index in [1.807, 2.05) is 42.5 Å². The molecule has 7 heteroatoms. The van der Waals surface area contributed by atoms with Crippen molar-refractivity contribution in [3.8, 4) is 11.5 Å². The number of hydrogen-bond donors (Lipinski definition) is 0. The number of hydrogen-bond acceptors (Lipinski definition) is 6. The van der Waals surface area contributed by atoms with Crippen LogP contribution in [0.4, 0.5) is 0 Å². The number of amides is 1. The van der Waals surface area contributed by atoms with Crippen molar-refractivity contribution < 1.29 is 18.8 Å². The molecule has 1 fully saturated rings. The first kappa shape index (κ1) is 18.0. The molecule has 1 saturated heterocycles. The molecule has 2 aromatic carbocycles. The van der Waals surface area contributed by atoms with Crippen molar-refractivity contribution in [3.05, 3.63) is 71.9 Å². The first-order valence-corrected chi connectivity index (χ1v) is 9.12. The Morgan fingerprint density at radius 2 is 1.93 bits per heavy atom. The molecule has 0 spiro atoms. The van der Waals surface area contributed by atoms with Crippen molar-refractivity contribution in [2.75, 3.05) is 26.8 Å². The Morgan fingerprint density at radius 1 is 1.14 bits per heavy atom. The van der Waals surface area contributed by atoms with Gasteiger partial charge < -0.3 is 18.9 Å². The molecular weight excluding hydrogens is 358 g/mol. The summed E-state index contributed by atoms with van der Waals surface area (Å²) in [6.45, 7) is 1.11. The van der Waals surface area contributed by atoms with Gasteiger partial charge in [0.15, 0.2) is 12.4 Å². The highest BCUT2D eigenvalue weighted by Crippen LogP contribution is 2.26. The van der Waals surface area contributed by atoms with Crippen LogP contribution in [-0.2, 0) is 11.2 Å². The van der Waals surface area contributed by atoms with Crippen molar-refractivity contribution >= 4 is 5.91 Å². The number of aromatic nitrogens is 2. The quantitative estimate of drug-likeness (QED) is 0.628. The third kappa shape index (κ3) is 4.14. The van der Waals surface area contributed by atoms with Crippen LogP contribution in [0.25, 0.3) is 0 Å². The van der Waals surface area contributed by atoms with E-state index >= 15 is 0 Å². The predicted octanol–water partition coefficient (Wildman–Crippen LogP) is 2.67. The van der Waals surface area contributed by atoms with Gasteiger partial charge in [-0.25, -0.2) is 0 Å². The third-order valence-electron chi connectivity index (χ3n) is 4.68. The summed E-state index contributed by atoms with van der Waals surface area (Å²) in [4.78, 5) is 18.5. The van der Waals surface area contributed by atoms with Gasteiger partial charge in [-0.05, 0) is 17.7 Å². The molecule has 2 heterocycles. The first-order valence-electron chi connectivity index (χ1n) is 9.12. The molecule has 0 radical (unpaired) electrons. The van der Waals surface area contributed by atoms with Crippen LogP contribution in [-0.4, -0.2) is 47.8 Å². The number of methoxy groups -OCH3 is 1. The fourth-order valence-electron chi connectivity index (χ4n) is 3.05. The average molecular weight is 379 g/mol. The van der Waals surface area contributed by atoms with Crippen LogP contribution in [0.15, 0.2) is 59.1 Å². The van der Waals surface area contributed by atoms with Gasteiger partial charge in [0.25, 0.3) is 5.91 Å². The van der Waals surface area contributed by atoms with Crippen LogP contribution < -0.4 is 9.47 Å². The number of carbonyl (C=O) groups is 1. The van der Waals surface area contributed by atoms with Gasteiger partial charge in [-0.3, -0.25) is 4.79 Å². The maximum Gasteiger partial charge on any atom is 0.260 e. The van der Waals surface area contributed by atoms with E-state index in [2.05, 4.69) is 10.1 Å². The van der Waals surface area contributed by atoms with Crippen LogP contribution in [0, 0.1) is 0 Å². The number of carbonyl (C=O) groups excluding carboxylic acids is 1. The topological polar surface area (TPSA) is 77.7 Å². The number of benzene rings is 2. The zero-order chi connectivity index (χ0) is 19.3. The normalized spacial score (nSPS) is 13.8. The van der Waals surface area contributed by atoms with E-state index in [-0.39, 0.29) is 18.4 Å². The molecule has 0 unspecified atom stereocenters. The van der Waals surface area contributed by atoms with Gasteiger partial charge >= 0.3 is 0 Å². The van der Waals surface area contributed by atoms with Crippen molar-refractivity contribution in [1.29, 1.82) is 0 Å². The Hall–Kier alpha value is -3.35. The van der Waals surface area contributed by atoms with E-state index in [1.54, 1.807) is 24.1 Å². The summed E-state index contributed by atoms with van der Waals surface area (Å²) in [5.74, 6) is 2.56. The first-order chi connectivity index (χ1) is 13.7. The molecule has 1 amide bonds. The zero-order valence-corrected chi connectivity index (χ0v) is 15.6. The highest BCUT2D eigenvalue weighted by molar-refractivity contribution is 5.78. The van der Waals surface area contributed by atoms with Gasteiger partial charge in [-0.1, -0.05) is 41.6 Å². The molecule has 1 aliphatic rings. The molecule has 0 N–H and O–H groups in total. The third-order valence-corrected chi connectivity index (χ3v) is 4.68. The molecule has 144 valence electrons. The number of ether oxygens (including phenoxy) is 2. The Balaban J connectivity index is 1.25. The summed E-state index contributed by atoms with van der Waals surface area (Å²) in [5.41, 5.74) is 1.13. The second-order valence-corrected chi connectivity index (χ2v) is 6.67. The molecule has 1 aliphatic heterocycles. The van der Waals surface area contributed by atoms with Crippen molar-refractivity contribution in [3.63, 3.8) is 0 Å². The summed E-state index contributed by atoms with van der Waals surface area (Å²) in [6.07, 6.45) is 0.633. The van der Waals surface area contributed by atoms with E-state index in [1.165, 1.54) is 0 Å². The largest absolute Gasteiger partial charge is 0.497 e. The number of nitrogens with zero attached hydrogens (tertiary/aromatic N) is 3. The maximum atomic E-state index is 12.3. The number of likely N-dealkylation sites (tertiary alicyclic amines) is 1. The lowest BCUT2D eigenvalue weighted by molar-refractivity contribution is -0.138. The van der Waals surface area contributed by atoms with E-state index in [4.69, 9.17) is 14.0 Å². The molecule has 28 heavy (non-hydrogen) atoms. The number of rotatable bonds is 7. The standard InChI is InChI=1S/C21H21N3O4/c1-26-17-8-5-9-18(11-17)27-14-20(25)24-12-16(13-24)21-22-19(23-28-21)10-15-6-3-2-4-7-15/h2-9,11,16H,10,12-14H2,1H3. The molecule has 1 aromatic heterocycles. The van der Waals surface area contributed by atoms with Crippen LogP contribution in [0.5, 0.6) is 11.5 Å². The van der Waals surface area contributed by atoms with Crippen LogP contribution in [0.3, 0.4) is 0 Å². The van der Waals surface area contributed by atoms with Gasteiger partial charge in [0.2, 0.25) is 5.89 Å². The van der Waals surface area contributed by atoms with Gasteiger partial charge in [0.1, 0.15) is 11.5 Å². The minimum Gasteiger partial charge on any atom is -0.497 e. The zero-order valence-electron chi connectivity index (χ0n) is 15.6. The lowest BCUT2D eigenvalue weighted by atomic mass is 10.0. The van der Waals surface area contributed by atoms with Crippen LogP contribution in [0.2, 0.25) is 0 Å². The van der Waals surface area contributed by atoms with Crippen molar-refractivity contribution in [2.24, 2.45) is 0 Å². The summed E-state index contributed by atoms with van der Waals surface area (Å²) in [6, 6.07) is 17.2. The summed E-state index contributed by atoms with van der Waals surface area (Å²) >= 11 is 0. The Kier molecular flexibility index (Phi) is 5.23. The lowest BCUT2D eigenvalue weighted by Gasteiger charge is -2.36. The minimum absolute atomic E-state index is 0.0109. The van der Waals surface area contributed by atoms with E-state index < -0.39 is 0 Å². The Bertz CT molecular complexity index is 936. The highest BCUT2D eigenvalue weighted by Gasteiger charge is 2.35. The second-order valence-electron chi connectivity index (χ2n) is 6.67. The maximum absolute atomic E-state index is 12.3. The van der Waals surface area contributed by atoms with Crippen LogP contribution in [0.1, 0.15) is 23.2 Å². The van der Waals surface area contributed by atoms with E-state index in [9.17, 15) is 4.79 Å². The minimum atomic E-state index is -0.0666. The lowest BCUT2D eigenvalue weighted by Crippen LogP contribution is -2.50. The summed E-state index contributed by atoms with van der Waals surface area (Å²) < 4.78 is 16.1. The van der Waals surface area contributed by atoms with Gasteiger partial charge in [0.05, 0.1) is 13.0 Å². The van der Waals surface area contributed by atoms with Gasteiger partial charge in [-0.2, -0.15) is 4.98 Å². The van der Waals surface area contributed by atoms with E-state index in [0.29, 0.717) is 42.7 Å². The molecule has 0 bridgehead atoms. The highest BCUT2D eigenvalue weighted by atomic mass is 16.5. The molecular formula is C21H21N3O4. The average Bonchev–Trinajstić information content (AvgIpc) is 3.14. The summed E-state index contributed by atoms with van der Waals surface area (Å²) in [5, 5.41) is 4.05. The fraction of sp³-hybridized carbons (Fsp3) is 0.286. The predicted molar refractivity (Wildman–Crippen MR) is 101 cm³/mol. The Morgan fingerprint density at radius 3 is 2.71 bits per heavy atom. The molecule has 4 rings (SSSR count). The fourth-order valence-corrected chi connectivity index (χ4v) is 3.05. The van der Waals surface area contributed by atoms with E-state index in [0.717, 1.165) is 5.56 Å².